The molecule has 0 atom stereocenters. The number of hydrogen-bond donors (Lipinski definition) is 1. The lowest BCUT2D eigenvalue weighted by molar-refractivity contribution is 0.556. The van der Waals surface area contributed by atoms with Crippen LogP contribution in [0.5, 0.6) is 0 Å². The molecule has 11 heteroatoms. The monoisotopic (exact) mass is 558 g/mol. The van der Waals surface area contributed by atoms with Crippen LogP contribution in [-0.4, -0.2) is 65.6 Å². The van der Waals surface area contributed by atoms with Crippen LogP contribution >= 0.6 is 0 Å². The van der Waals surface area contributed by atoms with Gasteiger partial charge in [-0.1, -0.05) is 12.1 Å². The normalized spacial score (nSPS) is 16.2. The Labute approximate surface area is 235 Å². The van der Waals surface area contributed by atoms with E-state index in [4.69, 9.17) is 15.0 Å². The molecule has 0 amide bonds. The fraction of sp³-hybridized carbons (Fsp3) is 0.379. The summed E-state index contributed by atoms with van der Waals surface area (Å²) in [5, 5.41) is 7.88. The van der Waals surface area contributed by atoms with Gasteiger partial charge in [0.05, 0.1) is 22.5 Å². The molecule has 1 N–H and O–H groups in total. The number of nitrogens with zero attached hydrogens (tertiary/aromatic N) is 7. The summed E-state index contributed by atoms with van der Waals surface area (Å²) in [4.78, 5) is 19.3. The van der Waals surface area contributed by atoms with Crippen molar-refractivity contribution in [1.82, 2.24) is 24.7 Å². The maximum absolute atomic E-state index is 11.8. The summed E-state index contributed by atoms with van der Waals surface area (Å²) in [6.07, 6.45) is 10.1. The van der Waals surface area contributed by atoms with Crippen molar-refractivity contribution >= 4 is 33.4 Å². The molecule has 6 rings (SSSR count). The predicted molar refractivity (Wildman–Crippen MR) is 157 cm³/mol. The molecule has 2 aliphatic heterocycles. The maximum atomic E-state index is 11.8. The summed E-state index contributed by atoms with van der Waals surface area (Å²) in [5.74, 6) is 2.06. The Hall–Kier alpha value is -3.99. The molecule has 0 radical (unpaired) electrons. The summed E-state index contributed by atoms with van der Waals surface area (Å²) in [7, 11) is -3.26. The Morgan fingerprint density at radius 3 is 1.82 bits per heavy atom. The van der Waals surface area contributed by atoms with Crippen LogP contribution in [0.3, 0.4) is 0 Å². The molecule has 2 aliphatic rings. The topological polar surface area (TPSA) is 109 Å². The number of hydrogen-bond acceptors (Lipinski definition) is 9. The van der Waals surface area contributed by atoms with Gasteiger partial charge < -0.3 is 15.1 Å². The fourth-order valence-corrected chi connectivity index (χ4v) is 5.93. The lowest BCUT2D eigenvalue weighted by atomic mass is 10.1. The van der Waals surface area contributed by atoms with E-state index in [0.717, 1.165) is 86.4 Å². The minimum atomic E-state index is -3.26. The summed E-state index contributed by atoms with van der Waals surface area (Å²) in [6.45, 7) is 3.90. The van der Waals surface area contributed by atoms with Crippen LogP contribution in [0, 0.1) is 0 Å². The number of nitrogens with one attached hydrogen (secondary N) is 1. The van der Waals surface area contributed by atoms with Crippen LogP contribution in [0.2, 0.25) is 0 Å². The molecule has 2 aromatic carbocycles. The fourth-order valence-electron chi connectivity index (χ4n) is 5.30. The van der Waals surface area contributed by atoms with E-state index >= 15 is 0 Å². The van der Waals surface area contributed by atoms with E-state index in [-0.39, 0.29) is 4.90 Å². The average molecular weight is 559 g/mol. The van der Waals surface area contributed by atoms with E-state index < -0.39 is 9.84 Å². The number of anilines is 4. The third kappa shape index (κ3) is 5.79. The average Bonchev–Trinajstić information content (AvgIpc) is 3.48. The molecule has 208 valence electrons. The van der Waals surface area contributed by atoms with Gasteiger partial charge in [-0.15, -0.1) is 0 Å². The highest BCUT2D eigenvalue weighted by Crippen LogP contribution is 2.27. The van der Waals surface area contributed by atoms with Gasteiger partial charge in [-0.2, -0.15) is 20.1 Å². The van der Waals surface area contributed by atoms with E-state index in [0.29, 0.717) is 5.95 Å². The lowest BCUT2D eigenvalue weighted by Gasteiger charge is -2.30. The Morgan fingerprint density at radius 2 is 1.27 bits per heavy atom. The van der Waals surface area contributed by atoms with Gasteiger partial charge in [0.15, 0.2) is 9.84 Å². The van der Waals surface area contributed by atoms with Gasteiger partial charge >= 0.3 is 0 Å². The molecule has 40 heavy (non-hydrogen) atoms. The molecule has 4 aromatic rings. The largest absolute Gasteiger partial charge is 0.341 e. The van der Waals surface area contributed by atoms with Crippen molar-refractivity contribution in [2.75, 3.05) is 47.6 Å². The first-order chi connectivity index (χ1) is 19.4. The molecule has 10 nitrogen and oxygen atoms in total. The molecular formula is C29H34N8O2S. The SMILES string of the molecule is CS(=O)(=O)c1ccc(-n2nccc2-c2ccc(Nc3nc(N4CCCCC4)nc(N4CCCCC4)n3)cc2)cc1. The van der Waals surface area contributed by atoms with Gasteiger partial charge in [-0.05, 0) is 81.0 Å². The molecule has 2 saturated heterocycles. The predicted octanol–water partition coefficient (Wildman–Crippen LogP) is 4.85. The van der Waals surface area contributed by atoms with Gasteiger partial charge in [0, 0.05) is 43.7 Å². The first kappa shape index (κ1) is 26.2. The quantitative estimate of drug-likeness (QED) is 0.340. The number of aromatic nitrogens is 5. The molecular weight excluding hydrogens is 524 g/mol. The molecule has 4 heterocycles. The second-order valence-corrected chi connectivity index (χ2v) is 12.5. The van der Waals surface area contributed by atoms with E-state index in [2.05, 4.69) is 20.2 Å². The second-order valence-electron chi connectivity index (χ2n) is 10.5. The number of benzene rings is 2. The highest BCUT2D eigenvalue weighted by atomic mass is 32.2. The minimum Gasteiger partial charge on any atom is -0.341 e. The highest BCUT2D eigenvalue weighted by molar-refractivity contribution is 7.90. The summed E-state index contributed by atoms with van der Waals surface area (Å²) >= 11 is 0. The Kier molecular flexibility index (Phi) is 7.38. The van der Waals surface area contributed by atoms with Crippen molar-refractivity contribution in [3.8, 4) is 16.9 Å². The van der Waals surface area contributed by atoms with Crippen LogP contribution in [-0.2, 0) is 9.84 Å². The number of rotatable bonds is 7. The third-order valence-corrected chi connectivity index (χ3v) is 8.61. The Balaban J connectivity index is 1.24. The maximum Gasteiger partial charge on any atom is 0.233 e. The zero-order valence-corrected chi connectivity index (χ0v) is 23.5. The van der Waals surface area contributed by atoms with Crippen molar-refractivity contribution in [2.24, 2.45) is 0 Å². The van der Waals surface area contributed by atoms with E-state index in [1.807, 2.05) is 30.3 Å². The zero-order valence-electron chi connectivity index (χ0n) is 22.7. The lowest BCUT2D eigenvalue weighted by Crippen LogP contribution is -2.34. The van der Waals surface area contributed by atoms with Crippen molar-refractivity contribution in [2.45, 2.75) is 43.4 Å². The summed E-state index contributed by atoms with van der Waals surface area (Å²) in [6, 6.07) is 16.7. The third-order valence-electron chi connectivity index (χ3n) is 7.48. The molecule has 0 unspecified atom stereocenters. The molecule has 2 fully saturated rings. The van der Waals surface area contributed by atoms with Crippen molar-refractivity contribution in [3.63, 3.8) is 0 Å². The van der Waals surface area contributed by atoms with Crippen LogP contribution in [0.15, 0.2) is 65.7 Å². The molecule has 0 aliphatic carbocycles. The van der Waals surface area contributed by atoms with Crippen molar-refractivity contribution < 1.29 is 8.42 Å². The standard InChI is InChI=1S/C29H34N8O2S/c1-40(38,39)25-14-12-24(13-15-25)37-26(16-17-30-37)22-8-10-23(11-9-22)31-27-32-28(35-18-4-2-5-19-35)34-29(33-27)36-20-6-3-7-21-36/h8-17H,2-7,18-21H2,1H3,(H,31,32,33,34). The molecule has 2 aromatic heterocycles. The van der Waals surface area contributed by atoms with E-state index in [9.17, 15) is 8.42 Å². The van der Waals surface area contributed by atoms with E-state index in [1.165, 1.54) is 19.1 Å². The minimum absolute atomic E-state index is 0.283. The van der Waals surface area contributed by atoms with Crippen LogP contribution in [0.25, 0.3) is 16.9 Å². The van der Waals surface area contributed by atoms with E-state index in [1.54, 1.807) is 35.1 Å². The van der Waals surface area contributed by atoms with Gasteiger partial charge in [0.25, 0.3) is 0 Å². The first-order valence-corrected chi connectivity index (χ1v) is 15.8. The molecule has 0 saturated carbocycles. The summed E-state index contributed by atoms with van der Waals surface area (Å²) in [5.41, 5.74) is 3.55. The number of sulfone groups is 1. The van der Waals surface area contributed by atoms with Gasteiger partial charge in [0.1, 0.15) is 0 Å². The van der Waals surface area contributed by atoms with Crippen molar-refractivity contribution in [3.05, 3.63) is 60.8 Å². The van der Waals surface area contributed by atoms with Gasteiger partial charge in [-0.25, -0.2) is 13.1 Å². The Morgan fingerprint density at radius 1 is 0.700 bits per heavy atom. The first-order valence-electron chi connectivity index (χ1n) is 13.9. The van der Waals surface area contributed by atoms with Gasteiger partial charge in [0.2, 0.25) is 17.8 Å². The second kappa shape index (κ2) is 11.2. The van der Waals surface area contributed by atoms with Crippen molar-refractivity contribution in [1.29, 1.82) is 0 Å². The van der Waals surface area contributed by atoms with Crippen LogP contribution in [0.1, 0.15) is 38.5 Å². The number of piperidine rings is 2. The highest BCUT2D eigenvalue weighted by Gasteiger charge is 2.20. The summed E-state index contributed by atoms with van der Waals surface area (Å²) < 4.78 is 25.5. The van der Waals surface area contributed by atoms with Crippen LogP contribution < -0.4 is 15.1 Å². The van der Waals surface area contributed by atoms with Gasteiger partial charge in [-0.3, -0.25) is 0 Å². The van der Waals surface area contributed by atoms with Crippen LogP contribution in [0.4, 0.5) is 23.5 Å². The molecule has 0 bridgehead atoms. The zero-order chi connectivity index (χ0) is 27.5. The molecule has 0 spiro atoms. The Bertz CT molecular complexity index is 1520. The smallest absolute Gasteiger partial charge is 0.233 e.